The van der Waals surface area contributed by atoms with Crippen molar-refractivity contribution in [3.05, 3.63) is 93.9 Å². The van der Waals surface area contributed by atoms with Crippen molar-refractivity contribution in [3.8, 4) is 5.75 Å². The maximum absolute atomic E-state index is 13.4. The van der Waals surface area contributed by atoms with Gasteiger partial charge in [0.2, 0.25) is 0 Å². The molecule has 3 heterocycles. The highest BCUT2D eigenvalue weighted by atomic mass is 32.2. The number of aromatic nitrogens is 3. The number of carbonyl (C=O) groups excluding carboxylic acids is 2. The number of hydrogen-bond donors (Lipinski definition) is 1. The van der Waals surface area contributed by atoms with Crippen LogP contribution in [0.5, 0.6) is 5.75 Å². The Morgan fingerprint density at radius 2 is 1.87 bits per heavy atom. The maximum Gasteiger partial charge on any atom is 0.253 e. The summed E-state index contributed by atoms with van der Waals surface area (Å²) in [7, 11) is 3.45. The molecule has 194 valence electrons. The van der Waals surface area contributed by atoms with Gasteiger partial charge in [-0.1, -0.05) is 48.2 Å². The summed E-state index contributed by atoms with van der Waals surface area (Å²) in [5.74, 6) is 1.20. The number of rotatable bonds is 9. The molecule has 0 fully saturated rings. The van der Waals surface area contributed by atoms with Crippen molar-refractivity contribution in [1.82, 2.24) is 25.1 Å². The van der Waals surface area contributed by atoms with Gasteiger partial charge < -0.3 is 14.6 Å². The van der Waals surface area contributed by atoms with Crippen molar-refractivity contribution in [3.63, 3.8) is 0 Å². The monoisotopic (exact) mass is 546 g/mol. The van der Waals surface area contributed by atoms with E-state index in [0.717, 1.165) is 21.9 Å². The van der Waals surface area contributed by atoms with Crippen LogP contribution in [0.2, 0.25) is 0 Å². The Labute approximate surface area is 228 Å². The van der Waals surface area contributed by atoms with Crippen LogP contribution in [-0.4, -0.2) is 50.2 Å². The van der Waals surface area contributed by atoms with E-state index in [1.807, 2.05) is 67.0 Å². The van der Waals surface area contributed by atoms with Crippen LogP contribution in [0, 0.1) is 0 Å². The summed E-state index contributed by atoms with van der Waals surface area (Å²) >= 11 is 2.91. The molecular formula is C27H26N6O3S2. The number of hydrazone groups is 1. The first kappa shape index (κ1) is 25.7. The largest absolute Gasteiger partial charge is 0.497 e. The molecule has 0 radical (unpaired) electrons. The Balaban J connectivity index is 1.25. The van der Waals surface area contributed by atoms with Gasteiger partial charge in [-0.15, -0.1) is 21.5 Å². The lowest BCUT2D eigenvalue weighted by atomic mass is 10.0. The van der Waals surface area contributed by atoms with E-state index in [2.05, 4.69) is 15.5 Å². The van der Waals surface area contributed by atoms with Crippen LogP contribution < -0.4 is 10.1 Å². The molecule has 0 aliphatic carbocycles. The molecule has 38 heavy (non-hydrogen) atoms. The molecule has 5 rings (SSSR count). The average Bonchev–Trinajstić information content (AvgIpc) is 3.71. The van der Waals surface area contributed by atoms with Crippen LogP contribution in [0.1, 0.15) is 39.1 Å². The third kappa shape index (κ3) is 5.63. The van der Waals surface area contributed by atoms with Gasteiger partial charge in [-0.25, -0.2) is 5.01 Å². The second kappa shape index (κ2) is 11.6. The fourth-order valence-electron chi connectivity index (χ4n) is 4.09. The fourth-order valence-corrected chi connectivity index (χ4v) is 5.59. The predicted octanol–water partition coefficient (Wildman–Crippen LogP) is 4.29. The minimum Gasteiger partial charge on any atom is -0.497 e. The number of nitrogens with one attached hydrogen (secondary N) is 1. The van der Waals surface area contributed by atoms with Gasteiger partial charge in [0.1, 0.15) is 5.75 Å². The maximum atomic E-state index is 13.4. The molecule has 0 saturated carbocycles. The second-order valence-electron chi connectivity index (χ2n) is 8.55. The molecule has 2 aromatic heterocycles. The molecule has 1 aliphatic rings. The third-order valence-corrected chi connectivity index (χ3v) is 8.09. The molecule has 2 aromatic carbocycles. The second-order valence-corrected chi connectivity index (χ2v) is 10.4. The Morgan fingerprint density at radius 1 is 1.08 bits per heavy atom. The zero-order valence-electron chi connectivity index (χ0n) is 20.9. The van der Waals surface area contributed by atoms with Gasteiger partial charge in [0.05, 0.1) is 36.0 Å². The summed E-state index contributed by atoms with van der Waals surface area (Å²) in [4.78, 5) is 26.8. The SMILES string of the molecule is COc1ccc([C@@H]2CC(c3cccs3)=NN2C(=O)CSc2nnc(CNC(=O)c3ccccc3)n2C)cc1. The van der Waals surface area contributed by atoms with E-state index in [1.54, 1.807) is 40.2 Å². The zero-order valence-corrected chi connectivity index (χ0v) is 22.5. The Bertz CT molecular complexity index is 1440. The molecule has 11 heteroatoms. The molecule has 0 unspecified atom stereocenters. The molecule has 9 nitrogen and oxygen atoms in total. The summed E-state index contributed by atoms with van der Waals surface area (Å²) in [6.07, 6.45) is 0.637. The highest BCUT2D eigenvalue weighted by Gasteiger charge is 2.33. The summed E-state index contributed by atoms with van der Waals surface area (Å²) < 4.78 is 7.08. The molecule has 0 bridgehead atoms. The number of thioether (sulfide) groups is 1. The molecular weight excluding hydrogens is 520 g/mol. The lowest BCUT2D eigenvalue weighted by molar-refractivity contribution is -0.130. The summed E-state index contributed by atoms with van der Waals surface area (Å²) in [5, 5.41) is 20.2. The van der Waals surface area contributed by atoms with Crippen molar-refractivity contribution in [2.75, 3.05) is 12.9 Å². The van der Waals surface area contributed by atoms with Gasteiger partial charge >= 0.3 is 0 Å². The topological polar surface area (TPSA) is 102 Å². The minimum atomic E-state index is -0.200. The number of benzene rings is 2. The first-order valence-corrected chi connectivity index (χ1v) is 13.8. The lowest BCUT2D eigenvalue weighted by Crippen LogP contribution is -2.28. The van der Waals surface area contributed by atoms with Crippen molar-refractivity contribution < 1.29 is 14.3 Å². The van der Waals surface area contributed by atoms with Gasteiger partial charge in [0, 0.05) is 19.0 Å². The first-order valence-electron chi connectivity index (χ1n) is 11.9. The summed E-state index contributed by atoms with van der Waals surface area (Å²) in [6, 6.07) is 20.5. The predicted molar refractivity (Wildman–Crippen MR) is 147 cm³/mol. The fraction of sp³-hybridized carbons (Fsp3) is 0.222. The lowest BCUT2D eigenvalue weighted by Gasteiger charge is -2.22. The molecule has 4 aromatic rings. The van der Waals surface area contributed by atoms with Crippen molar-refractivity contribution in [2.45, 2.75) is 24.2 Å². The van der Waals surface area contributed by atoms with Crippen molar-refractivity contribution >= 4 is 40.6 Å². The number of ether oxygens (including phenoxy) is 1. The number of methoxy groups -OCH3 is 1. The summed E-state index contributed by atoms with van der Waals surface area (Å²) in [5.41, 5.74) is 2.47. The van der Waals surface area contributed by atoms with Crippen LogP contribution >= 0.6 is 23.1 Å². The van der Waals surface area contributed by atoms with E-state index in [-0.39, 0.29) is 30.2 Å². The Morgan fingerprint density at radius 3 is 2.58 bits per heavy atom. The van der Waals surface area contributed by atoms with Crippen LogP contribution in [0.25, 0.3) is 0 Å². The van der Waals surface area contributed by atoms with Gasteiger partial charge in [0.25, 0.3) is 11.8 Å². The van der Waals surface area contributed by atoms with E-state index < -0.39 is 0 Å². The standard InChI is InChI=1S/C27H26N6O3S2/c1-32-24(16-28-26(35)19-7-4-3-5-8-19)29-30-27(32)38-17-25(34)33-22(18-10-12-20(36-2)13-11-18)15-21(31-33)23-9-6-14-37-23/h3-14,22H,15-17H2,1-2H3,(H,28,35)/t22-/m0/s1. The first-order chi connectivity index (χ1) is 18.5. The summed E-state index contributed by atoms with van der Waals surface area (Å²) in [6.45, 7) is 0.228. The number of nitrogens with zero attached hydrogens (tertiary/aromatic N) is 5. The quantitative estimate of drug-likeness (QED) is 0.315. The van der Waals surface area contributed by atoms with Crippen LogP contribution in [0.3, 0.4) is 0 Å². The molecule has 0 spiro atoms. The minimum absolute atomic E-state index is 0.121. The van der Waals surface area contributed by atoms with Gasteiger partial charge in [-0.3, -0.25) is 9.59 Å². The highest BCUT2D eigenvalue weighted by Crippen LogP contribution is 2.35. The van der Waals surface area contributed by atoms with E-state index in [0.29, 0.717) is 23.0 Å². The van der Waals surface area contributed by atoms with E-state index in [1.165, 1.54) is 11.8 Å². The van der Waals surface area contributed by atoms with E-state index in [4.69, 9.17) is 9.84 Å². The smallest absolute Gasteiger partial charge is 0.253 e. The van der Waals surface area contributed by atoms with Crippen molar-refractivity contribution in [2.24, 2.45) is 12.1 Å². The number of amides is 2. The van der Waals surface area contributed by atoms with Gasteiger partial charge in [-0.05, 0) is 41.3 Å². The number of hydrogen-bond acceptors (Lipinski definition) is 8. The van der Waals surface area contributed by atoms with Crippen LogP contribution in [0.15, 0.2) is 82.4 Å². The molecule has 1 aliphatic heterocycles. The van der Waals surface area contributed by atoms with Gasteiger partial charge in [0.15, 0.2) is 11.0 Å². The van der Waals surface area contributed by atoms with E-state index >= 15 is 0 Å². The number of thiophene rings is 1. The molecule has 1 atom stereocenters. The molecule has 1 N–H and O–H groups in total. The molecule has 2 amide bonds. The van der Waals surface area contributed by atoms with Crippen molar-refractivity contribution in [1.29, 1.82) is 0 Å². The zero-order chi connectivity index (χ0) is 26.5. The van der Waals surface area contributed by atoms with Gasteiger partial charge in [-0.2, -0.15) is 5.10 Å². The number of carbonyl (C=O) groups is 2. The average molecular weight is 547 g/mol. The Kier molecular flexibility index (Phi) is 7.85. The highest BCUT2D eigenvalue weighted by molar-refractivity contribution is 7.99. The third-order valence-electron chi connectivity index (χ3n) is 6.16. The van der Waals surface area contributed by atoms with Crippen LogP contribution in [0.4, 0.5) is 0 Å². The van der Waals surface area contributed by atoms with E-state index in [9.17, 15) is 9.59 Å². The van der Waals surface area contributed by atoms with Crippen LogP contribution in [-0.2, 0) is 18.4 Å². The molecule has 0 saturated heterocycles. The Hall–Kier alpha value is -3.96. The normalized spacial score (nSPS) is 14.8.